The summed E-state index contributed by atoms with van der Waals surface area (Å²) in [6.45, 7) is 3.66. The number of aryl methyl sites for hydroxylation is 1. The van der Waals surface area contributed by atoms with E-state index in [0.29, 0.717) is 36.4 Å². The molecule has 0 spiro atoms. The fraction of sp³-hybridized carbons (Fsp3) is 0.286. The number of halogens is 2. The molecule has 152 valence electrons. The van der Waals surface area contributed by atoms with E-state index in [1.54, 1.807) is 6.92 Å². The molecule has 0 aliphatic rings. The van der Waals surface area contributed by atoms with Crippen LogP contribution >= 0.6 is 23.2 Å². The van der Waals surface area contributed by atoms with Gasteiger partial charge in [0.1, 0.15) is 6.20 Å². The molecule has 1 aromatic heterocycles. The summed E-state index contributed by atoms with van der Waals surface area (Å²) in [7, 11) is 0. The Hall–Kier alpha value is -2.41. The number of alkyl halides is 1. The molecule has 3 aromatic rings. The van der Waals surface area contributed by atoms with Crippen LogP contribution in [0.15, 0.2) is 60.8 Å². The molecule has 6 nitrogen and oxygen atoms in total. The minimum absolute atomic E-state index is 0.00831. The van der Waals surface area contributed by atoms with Crippen LogP contribution in [0.3, 0.4) is 0 Å². The van der Waals surface area contributed by atoms with Gasteiger partial charge in [-0.25, -0.2) is 0 Å². The first kappa shape index (κ1) is 21.3. The van der Waals surface area contributed by atoms with E-state index in [4.69, 9.17) is 23.2 Å². The summed E-state index contributed by atoms with van der Waals surface area (Å²) in [5.41, 5.74) is 2.26. The summed E-state index contributed by atoms with van der Waals surface area (Å²) >= 11 is 12.2. The van der Waals surface area contributed by atoms with Crippen LogP contribution < -0.4 is 0 Å². The SMILES string of the molecule is Cc1nc([N+](=O)[O-])cn1CCN(CCCl)C(c1ccccc1)c1ccc(Cl)cc1. The topological polar surface area (TPSA) is 64.2 Å². The molecular weight excluding hydrogens is 411 g/mol. The summed E-state index contributed by atoms with van der Waals surface area (Å²) in [5, 5.41) is 11.7. The van der Waals surface area contributed by atoms with Crippen molar-refractivity contribution in [3.63, 3.8) is 0 Å². The second-order valence-electron chi connectivity index (χ2n) is 6.69. The average molecular weight is 433 g/mol. The number of imidazole rings is 1. The molecule has 0 fully saturated rings. The van der Waals surface area contributed by atoms with E-state index in [9.17, 15) is 10.1 Å². The zero-order valence-corrected chi connectivity index (χ0v) is 17.6. The lowest BCUT2D eigenvalue weighted by Gasteiger charge is -2.32. The summed E-state index contributed by atoms with van der Waals surface area (Å²) in [6, 6.07) is 18.0. The molecule has 0 aliphatic heterocycles. The number of hydrogen-bond acceptors (Lipinski definition) is 4. The predicted molar refractivity (Wildman–Crippen MR) is 116 cm³/mol. The number of rotatable bonds is 9. The molecule has 0 radical (unpaired) electrons. The Balaban J connectivity index is 1.90. The van der Waals surface area contributed by atoms with E-state index >= 15 is 0 Å². The lowest BCUT2D eigenvalue weighted by Crippen LogP contribution is -2.34. The summed E-state index contributed by atoms with van der Waals surface area (Å²) in [6.07, 6.45) is 1.48. The molecule has 1 heterocycles. The fourth-order valence-electron chi connectivity index (χ4n) is 3.42. The first-order valence-electron chi connectivity index (χ1n) is 9.28. The number of nitro groups is 1. The van der Waals surface area contributed by atoms with Gasteiger partial charge in [0.2, 0.25) is 5.82 Å². The highest BCUT2D eigenvalue weighted by Gasteiger charge is 2.23. The Morgan fingerprint density at radius 1 is 1.10 bits per heavy atom. The highest BCUT2D eigenvalue weighted by Crippen LogP contribution is 2.29. The van der Waals surface area contributed by atoms with Gasteiger partial charge in [-0.05, 0) is 33.2 Å². The molecule has 0 N–H and O–H groups in total. The van der Waals surface area contributed by atoms with Crippen molar-refractivity contribution in [2.45, 2.75) is 19.5 Å². The van der Waals surface area contributed by atoms with Crippen molar-refractivity contribution in [3.05, 3.63) is 92.9 Å². The first-order valence-corrected chi connectivity index (χ1v) is 10.2. The van der Waals surface area contributed by atoms with Crippen molar-refractivity contribution in [3.8, 4) is 0 Å². The zero-order chi connectivity index (χ0) is 20.8. The van der Waals surface area contributed by atoms with Crippen molar-refractivity contribution >= 4 is 29.0 Å². The maximum absolute atomic E-state index is 11.0. The maximum atomic E-state index is 11.0. The van der Waals surface area contributed by atoms with Gasteiger partial charge in [-0.1, -0.05) is 54.1 Å². The Kier molecular flexibility index (Phi) is 7.25. The van der Waals surface area contributed by atoms with Crippen molar-refractivity contribution in [1.82, 2.24) is 14.5 Å². The highest BCUT2D eigenvalue weighted by atomic mass is 35.5. The molecule has 0 amide bonds. The lowest BCUT2D eigenvalue weighted by molar-refractivity contribution is -0.389. The van der Waals surface area contributed by atoms with Crippen LogP contribution in [0.4, 0.5) is 5.82 Å². The number of benzene rings is 2. The monoisotopic (exact) mass is 432 g/mol. The molecule has 3 rings (SSSR count). The normalized spacial score (nSPS) is 12.3. The van der Waals surface area contributed by atoms with E-state index in [0.717, 1.165) is 11.1 Å². The van der Waals surface area contributed by atoms with Gasteiger partial charge in [0.25, 0.3) is 0 Å². The van der Waals surface area contributed by atoms with Crippen molar-refractivity contribution < 1.29 is 4.92 Å². The smallest absolute Gasteiger partial charge is 0.358 e. The molecule has 0 aliphatic carbocycles. The van der Waals surface area contributed by atoms with Gasteiger partial charge in [-0.2, -0.15) is 0 Å². The summed E-state index contributed by atoms with van der Waals surface area (Å²) < 4.78 is 1.81. The molecule has 0 saturated heterocycles. The van der Waals surface area contributed by atoms with Crippen LogP contribution in [-0.4, -0.2) is 38.3 Å². The molecule has 8 heteroatoms. The van der Waals surface area contributed by atoms with Crippen LogP contribution in [0.1, 0.15) is 23.0 Å². The quantitative estimate of drug-likeness (QED) is 0.268. The third-order valence-corrected chi connectivity index (χ3v) is 5.24. The van der Waals surface area contributed by atoms with E-state index < -0.39 is 4.92 Å². The Morgan fingerprint density at radius 3 is 2.34 bits per heavy atom. The lowest BCUT2D eigenvalue weighted by atomic mass is 9.97. The van der Waals surface area contributed by atoms with Gasteiger partial charge in [-0.15, -0.1) is 11.6 Å². The molecule has 0 bridgehead atoms. The molecule has 29 heavy (non-hydrogen) atoms. The standard InChI is InChI=1S/C21H22Cl2N4O2/c1-16-24-20(27(28)29)15-26(16)14-13-25(12-11-22)21(17-5-3-2-4-6-17)18-7-9-19(23)10-8-18/h2-10,15,21H,11-14H2,1H3. The minimum Gasteiger partial charge on any atom is -0.358 e. The maximum Gasteiger partial charge on any atom is 0.381 e. The fourth-order valence-corrected chi connectivity index (χ4v) is 3.76. The van der Waals surface area contributed by atoms with Crippen LogP contribution in [0.2, 0.25) is 5.02 Å². The largest absolute Gasteiger partial charge is 0.381 e. The van der Waals surface area contributed by atoms with Crippen molar-refractivity contribution in [1.29, 1.82) is 0 Å². The molecule has 2 aromatic carbocycles. The van der Waals surface area contributed by atoms with Gasteiger partial charge in [-0.3, -0.25) is 4.90 Å². The zero-order valence-electron chi connectivity index (χ0n) is 16.0. The third-order valence-electron chi connectivity index (χ3n) is 4.82. The van der Waals surface area contributed by atoms with Gasteiger partial charge in [0.05, 0.1) is 6.04 Å². The van der Waals surface area contributed by atoms with Gasteiger partial charge < -0.3 is 14.7 Å². The van der Waals surface area contributed by atoms with Crippen LogP contribution in [0.25, 0.3) is 0 Å². The van der Waals surface area contributed by atoms with Gasteiger partial charge >= 0.3 is 5.82 Å². The minimum atomic E-state index is -0.472. The Bertz CT molecular complexity index is 945. The highest BCUT2D eigenvalue weighted by molar-refractivity contribution is 6.30. The summed E-state index contributed by atoms with van der Waals surface area (Å²) in [4.78, 5) is 16.8. The van der Waals surface area contributed by atoms with E-state index in [1.165, 1.54) is 6.20 Å². The molecule has 1 atom stereocenters. The van der Waals surface area contributed by atoms with Gasteiger partial charge in [0, 0.05) is 37.5 Å². The number of nitrogens with zero attached hydrogens (tertiary/aromatic N) is 4. The summed E-state index contributed by atoms with van der Waals surface area (Å²) in [5.74, 6) is 0.953. The van der Waals surface area contributed by atoms with Crippen LogP contribution in [0, 0.1) is 17.0 Å². The second-order valence-corrected chi connectivity index (χ2v) is 7.50. The number of hydrogen-bond donors (Lipinski definition) is 0. The Morgan fingerprint density at radius 2 is 1.76 bits per heavy atom. The first-order chi connectivity index (χ1) is 14.0. The molecular formula is C21H22Cl2N4O2. The molecule has 0 saturated carbocycles. The van der Waals surface area contributed by atoms with E-state index in [2.05, 4.69) is 22.0 Å². The van der Waals surface area contributed by atoms with E-state index in [1.807, 2.05) is 47.0 Å². The number of aromatic nitrogens is 2. The van der Waals surface area contributed by atoms with Crippen LogP contribution in [0.5, 0.6) is 0 Å². The third kappa shape index (κ3) is 5.35. The average Bonchev–Trinajstić information content (AvgIpc) is 3.09. The van der Waals surface area contributed by atoms with Crippen molar-refractivity contribution in [2.24, 2.45) is 0 Å². The second kappa shape index (κ2) is 9.87. The van der Waals surface area contributed by atoms with Crippen molar-refractivity contribution in [2.75, 3.05) is 19.0 Å². The van der Waals surface area contributed by atoms with E-state index in [-0.39, 0.29) is 11.9 Å². The Labute approximate surface area is 179 Å². The molecule has 1 unspecified atom stereocenters. The van der Waals surface area contributed by atoms with Gasteiger partial charge in [0.15, 0.2) is 0 Å². The van der Waals surface area contributed by atoms with Crippen LogP contribution in [-0.2, 0) is 6.54 Å². The predicted octanol–water partition coefficient (Wildman–Crippen LogP) is 5.08.